The van der Waals surface area contributed by atoms with Gasteiger partial charge in [0.05, 0.1) is 5.69 Å². The molecule has 3 N–H and O–H groups in total. The average molecular weight is 248 g/mol. The number of pyridine rings is 1. The van der Waals surface area contributed by atoms with Crippen LogP contribution in [-0.2, 0) is 5.41 Å². The Morgan fingerprint density at radius 3 is 2.71 bits per heavy atom. The fraction of sp³-hybridized carbons (Fsp3) is 0.333. The van der Waals surface area contributed by atoms with Crippen LogP contribution in [0.25, 0.3) is 0 Å². The Morgan fingerprint density at radius 2 is 2.12 bits per heavy atom. The lowest BCUT2D eigenvalue weighted by Crippen LogP contribution is -2.11. The summed E-state index contributed by atoms with van der Waals surface area (Å²) in [6, 6.07) is 3.66. The number of aromatic nitrogens is 2. The molecule has 0 aromatic carbocycles. The zero-order valence-corrected chi connectivity index (χ0v) is 11.0. The van der Waals surface area contributed by atoms with Crippen LogP contribution in [-0.4, -0.2) is 9.97 Å². The zero-order chi connectivity index (χ0) is 12.5. The van der Waals surface area contributed by atoms with Crippen LogP contribution in [0.2, 0.25) is 0 Å². The second kappa shape index (κ2) is 4.33. The maximum Gasteiger partial charge on any atom is 0.187 e. The van der Waals surface area contributed by atoms with Gasteiger partial charge >= 0.3 is 0 Å². The van der Waals surface area contributed by atoms with Crippen LogP contribution in [0.5, 0.6) is 0 Å². The molecule has 0 aliphatic carbocycles. The average Bonchev–Trinajstić information content (AvgIpc) is 2.65. The van der Waals surface area contributed by atoms with E-state index in [1.165, 1.54) is 0 Å². The van der Waals surface area contributed by atoms with Crippen molar-refractivity contribution in [1.82, 2.24) is 9.97 Å². The number of nitrogens with zero attached hydrogens (tertiary/aromatic N) is 2. The molecule has 2 heterocycles. The quantitative estimate of drug-likeness (QED) is 0.857. The van der Waals surface area contributed by atoms with Gasteiger partial charge in [-0.3, -0.25) is 0 Å². The first kappa shape index (κ1) is 11.9. The molecule has 4 nitrogen and oxygen atoms in total. The molecule has 0 spiro atoms. The van der Waals surface area contributed by atoms with Crippen molar-refractivity contribution in [1.29, 1.82) is 0 Å². The highest BCUT2D eigenvalue weighted by Crippen LogP contribution is 2.28. The van der Waals surface area contributed by atoms with Gasteiger partial charge in [-0.05, 0) is 6.07 Å². The molecule has 2 rings (SSSR count). The second-order valence-corrected chi connectivity index (χ2v) is 5.74. The molecule has 90 valence electrons. The van der Waals surface area contributed by atoms with E-state index in [-0.39, 0.29) is 5.41 Å². The van der Waals surface area contributed by atoms with Crippen molar-refractivity contribution < 1.29 is 0 Å². The first-order valence-electron chi connectivity index (χ1n) is 5.40. The van der Waals surface area contributed by atoms with E-state index in [4.69, 9.17) is 5.73 Å². The molecule has 0 saturated carbocycles. The first-order valence-corrected chi connectivity index (χ1v) is 6.28. The van der Waals surface area contributed by atoms with E-state index >= 15 is 0 Å². The number of thiazole rings is 1. The van der Waals surface area contributed by atoms with Gasteiger partial charge in [0.2, 0.25) is 0 Å². The van der Waals surface area contributed by atoms with Crippen LogP contribution in [0.15, 0.2) is 23.7 Å². The van der Waals surface area contributed by atoms with Crippen molar-refractivity contribution >= 4 is 28.0 Å². The lowest BCUT2D eigenvalue weighted by Gasteiger charge is -2.14. The van der Waals surface area contributed by atoms with Gasteiger partial charge < -0.3 is 11.1 Å². The summed E-state index contributed by atoms with van der Waals surface area (Å²) in [5, 5.41) is 6.18. The molecular formula is C12H16N4S. The Morgan fingerprint density at radius 1 is 1.35 bits per heavy atom. The van der Waals surface area contributed by atoms with Gasteiger partial charge in [-0.2, -0.15) is 0 Å². The SMILES string of the molecule is CC(C)(C)c1csc(Nc2ccnc(N)c2)n1. The standard InChI is InChI=1S/C12H16N4S/c1-12(2,3)9-7-17-11(16-9)15-8-4-5-14-10(13)6-8/h4-7H,1-3H3,(H3,13,14,15,16). The fourth-order valence-corrected chi connectivity index (χ4v) is 2.28. The second-order valence-electron chi connectivity index (χ2n) is 4.88. The molecule has 0 radical (unpaired) electrons. The highest BCUT2D eigenvalue weighted by Gasteiger charge is 2.17. The maximum absolute atomic E-state index is 5.62. The van der Waals surface area contributed by atoms with Gasteiger partial charge in [-0.15, -0.1) is 11.3 Å². The number of nitrogens with one attached hydrogen (secondary N) is 1. The highest BCUT2D eigenvalue weighted by atomic mass is 32.1. The minimum atomic E-state index is 0.0771. The largest absolute Gasteiger partial charge is 0.384 e. The highest BCUT2D eigenvalue weighted by molar-refractivity contribution is 7.13. The van der Waals surface area contributed by atoms with E-state index in [1.807, 2.05) is 6.07 Å². The van der Waals surface area contributed by atoms with Gasteiger partial charge in [-0.1, -0.05) is 20.8 Å². The zero-order valence-electron chi connectivity index (χ0n) is 10.2. The third kappa shape index (κ3) is 2.94. The van der Waals surface area contributed by atoms with E-state index in [1.54, 1.807) is 23.6 Å². The van der Waals surface area contributed by atoms with Gasteiger partial charge in [0.1, 0.15) is 5.82 Å². The molecule has 0 fully saturated rings. The number of rotatable bonds is 2. The molecule has 0 bridgehead atoms. The summed E-state index contributed by atoms with van der Waals surface area (Å²) >= 11 is 1.59. The molecule has 17 heavy (non-hydrogen) atoms. The van der Waals surface area contributed by atoms with Crippen molar-refractivity contribution in [2.75, 3.05) is 11.1 Å². The monoisotopic (exact) mass is 248 g/mol. The van der Waals surface area contributed by atoms with E-state index in [0.717, 1.165) is 16.5 Å². The molecule has 0 atom stereocenters. The van der Waals surface area contributed by atoms with Crippen LogP contribution in [0.1, 0.15) is 26.5 Å². The molecule has 5 heteroatoms. The van der Waals surface area contributed by atoms with Crippen molar-refractivity contribution in [2.24, 2.45) is 0 Å². The molecule has 0 saturated heterocycles. The summed E-state index contributed by atoms with van der Waals surface area (Å²) in [5.74, 6) is 0.502. The van der Waals surface area contributed by atoms with E-state index in [9.17, 15) is 0 Å². The van der Waals surface area contributed by atoms with E-state index in [2.05, 4.69) is 41.4 Å². The van der Waals surface area contributed by atoms with Crippen molar-refractivity contribution in [3.05, 3.63) is 29.4 Å². The topological polar surface area (TPSA) is 63.8 Å². The Kier molecular flexibility index (Phi) is 3.02. The number of hydrogen-bond donors (Lipinski definition) is 2. The Hall–Kier alpha value is -1.62. The minimum Gasteiger partial charge on any atom is -0.384 e. The Labute approximate surface area is 105 Å². The number of nitrogen functional groups attached to an aromatic ring is 1. The van der Waals surface area contributed by atoms with Gasteiger partial charge in [0, 0.05) is 28.7 Å². The van der Waals surface area contributed by atoms with Gasteiger partial charge in [0.15, 0.2) is 5.13 Å². The van der Waals surface area contributed by atoms with Crippen molar-refractivity contribution in [2.45, 2.75) is 26.2 Å². The van der Waals surface area contributed by atoms with E-state index < -0.39 is 0 Å². The molecule has 2 aromatic rings. The summed E-state index contributed by atoms with van der Waals surface area (Å²) in [6.45, 7) is 6.45. The summed E-state index contributed by atoms with van der Waals surface area (Å²) < 4.78 is 0. The van der Waals surface area contributed by atoms with Crippen LogP contribution >= 0.6 is 11.3 Å². The minimum absolute atomic E-state index is 0.0771. The van der Waals surface area contributed by atoms with Crippen molar-refractivity contribution in [3.8, 4) is 0 Å². The molecule has 0 amide bonds. The number of hydrogen-bond acceptors (Lipinski definition) is 5. The first-order chi connectivity index (χ1) is 7.95. The Bertz CT molecular complexity index is 513. The van der Waals surface area contributed by atoms with E-state index in [0.29, 0.717) is 5.82 Å². The smallest absolute Gasteiger partial charge is 0.187 e. The summed E-state index contributed by atoms with van der Waals surface area (Å²) in [6.07, 6.45) is 1.68. The molecule has 0 unspecified atom stereocenters. The van der Waals surface area contributed by atoms with Crippen LogP contribution in [0.3, 0.4) is 0 Å². The van der Waals surface area contributed by atoms with Crippen LogP contribution < -0.4 is 11.1 Å². The molecular weight excluding hydrogens is 232 g/mol. The van der Waals surface area contributed by atoms with Gasteiger partial charge in [-0.25, -0.2) is 9.97 Å². The molecule has 0 aliphatic heterocycles. The third-order valence-corrected chi connectivity index (χ3v) is 3.06. The fourth-order valence-electron chi connectivity index (χ4n) is 1.33. The van der Waals surface area contributed by atoms with Crippen LogP contribution in [0.4, 0.5) is 16.6 Å². The molecule has 2 aromatic heterocycles. The molecule has 0 aliphatic rings. The summed E-state index contributed by atoms with van der Waals surface area (Å²) in [7, 11) is 0. The lowest BCUT2D eigenvalue weighted by molar-refractivity contribution is 0.573. The van der Waals surface area contributed by atoms with Crippen molar-refractivity contribution in [3.63, 3.8) is 0 Å². The van der Waals surface area contributed by atoms with Gasteiger partial charge in [0.25, 0.3) is 0 Å². The number of anilines is 3. The predicted molar refractivity (Wildman–Crippen MR) is 72.7 cm³/mol. The Balaban J connectivity index is 2.17. The lowest BCUT2D eigenvalue weighted by atomic mass is 9.93. The normalized spacial score (nSPS) is 11.5. The van der Waals surface area contributed by atoms with Crippen LogP contribution in [0, 0.1) is 0 Å². The number of nitrogens with two attached hydrogens (primary N) is 1. The predicted octanol–water partition coefficient (Wildman–Crippen LogP) is 3.16. The third-order valence-electron chi connectivity index (χ3n) is 2.30. The summed E-state index contributed by atoms with van der Waals surface area (Å²) in [4.78, 5) is 8.50. The summed E-state index contributed by atoms with van der Waals surface area (Å²) in [5.41, 5.74) is 7.70. The maximum atomic E-state index is 5.62.